The molecule has 1 heterocycles. The Morgan fingerprint density at radius 3 is 2.65 bits per heavy atom. The van der Waals surface area contributed by atoms with Gasteiger partial charge in [0.2, 0.25) is 15.9 Å². The molecule has 26 heavy (non-hydrogen) atoms. The molecule has 0 radical (unpaired) electrons. The van der Waals surface area contributed by atoms with Gasteiger partial charge in [0.15, 0.2) is 0 Å². The van der Waals surface area contributed by atoms with Crippen molar-refractivity contribution in [3.8, 4) is 0 Å². The van der Waals surface area contributed by atoms with Crippen LogP contribution in [-0.4, -0.2) is 51.0 Å². The number of amides is 1. The lowest BCUT2D eigenvalue weighted by Gasteiger charge is -2.17. The Bertz CT molecular complexity index is 856. The molecule has 2 N–H and O–H groups in total. The first-order chi connectivity index (χ1) is 12.3. The Kier molecular flexibility index (Phi) is 6.64. The summed E-state index contributed by atoms with van der Waals surface area (Å²) >= 11 is 0. The Labute approximate surface area is 153 Å². The van der Waals surface area contributed by atoms with Crippen LogP contribution in [0.15, 0.2) is 41.7 Å². The number of carbonyl (C=O) groups excluding carboxylic acids is 1. The molecule has 140 valence electrons. The maximum absolute atomic E-state index is 12.4. The number of rotatable bonds is 8. The lowest BCUT2D eigenvalue weighted by atomic mass is 10.2. The molecule has 1 amide bonds. The zero-order valence-corrected chi connectivity index (χ0v) is 15.9. The van der Waals surface area contributed by atoms with Crippen molar-refractivity contribution in [1.82, 2.24) is 20.0 Å². The SMILES string of the molecule is Cc1ccc(C)c(S(=O)(=O)NCCNC(=O)CN(C)c2cnccn2)c1. The molecule has 1 aromatic heterocycles. The molecule has 0 aliphatic rings. The van der Waals surface area contributed by atoms with Crippen molar-refractivity contribution in [2.75, 3.05) is 31.6 Å². The van der Waals surface area contributed by atoms with E-state index in [-0.39, 0.29) is 30.4 Å². The Hall–Kier alpha value is -2.52. The van der Waals surface area contributed by atoms with Gasteiger partial charge in [-0.3, -0.25) is 9.78 Å². The van der Waals surface area contributed by atoms with E-state index >= 15 is 0 Å². The minimum atomic E-state index is -3.61. The van der Waals surface area contributed by atoms with Gasteiger partial charge in [0.1, 0.15) is 5.82 Å². The van der Waals surface area contributed by atoms with Gasteiger partial charge in [-0.25, -0.2) is 18.1 Å². The van der Waals surface area contributed by atoms with Crippen LogP contribution in [0.2, 0.25) is 0 Å². The second kappa shape index (κ2) is 8.72. The first kappa shape index (κ1) is 19.8. The normalized spacial score (nSPS) is 11.2. The van der Waals surface area contributed by atoms with E-state index in [0.29, 0.717) is 11.4 Å². The van der Waals surface area contributed by atoms with Gasteiger partial charge in [0.25, 0.3) is 0 Å². The molecule has 0 aliphatic carbocycles. The Balaban J connectivity index is 1.80. The number of benzene rings is 1. The Morgan fingerprint density at radius 1 is 1.19 bits per heavy atom. The standard InChI is InChI=1S/C17H23N5O3S/c1-13-4-5-14(2)15(10-13)26(24,25)21-9-8-20-17(23)12-22(3)16-11-18-6-7-19-16/h4-7,10-11,21H,8-9,12H2,1-3H3,(H,20,23). The quantitative estimate of drug-likeness (QED) is 0.654. The van der Waals surface area contributed by atoms with Crippen molar-refractivity contribution in [3.63, 3.8) is 0 Å². The van der Waals surface area contributed by atoms with Crippen molar-refractivity contribution in [1.29, 1.82) is 0 Å². The van der Waals surface area contributed by atoms with Gasteiger partial charge in [-0.1, -0.05) is 12.1 Å². The molecule has 0 saturated carbocycles. The molecule has 9 heteroatoms. The fraction of sp³-hybridized carbons (Fsp3) is 0.353. The van der Waals surface area contributed by atoms with Gasteiger partial charge in [-0.05, 0) is 31.0 Å². The van der Waals surface area contributed by atoms with Gasteiger partial charge < -0.3 is 10.2 Å². The van der Waals surface area contributed by atoms with E-state index in [9.17, 15) is 13.2 Å². The third-order valence-corrected chi connectivity index (χ3v) is 5.30. The lowest BCUT2D eigenvalue weighted by molar-refractivity contribution is -0.119. The summed E-state index contributed by atoms with van der Waals surface area (Å²) < 4.78 is 27.2. The van der Waals surface area contributed by atoms with E-state index in [1.807, 2.05) is 13.0 Å². The largest absolute Gasteiger partial charge is 0.353 e. The first-order valence-electron chi connectivity index (χ1n) is 8.10. The smallest absolute Gasteiger partial charge is 0.240 e. The van der Waals surface area contributed by atoms with E-state index in [0.717, 1.165) is 5.56 Å². The summed E-state index contributed by atoms with van der Waals surface area (Å²) in [4.78, 5) is 21.9. The summed E-state index contributed by atoms with van der Waals surface area (Å²) in [6.07, 6.45) is 4.66. The van der Waals surface area contributed by atoms with Gasteiger partial charge in [-0.2, -0.15) is 0 Å². The van der Waals surface area contributed by atoms with Crippen LogP contribution in [-0.2, 0) is 14.8 Å². The molecule has 0 fully saturated rings. The zero-order chi connectivity index (χ0) is 19.2. The van der Waals surface area contributed by atoms with Crippen molar-refractivity contribution in [2.45, 2.75) is 18.7 Å². The van der Waals surface area contributed by atoms with Gasteiger partial charge >= 0.3 is 0 Å². The maximum atomic E-state index is 12.4. The molecule has 0 spiro atoms. The van der Waals surface area contributed by atoms with E-state index < -0.39 is 10.0 Å². The fourth-order valence-corrected chi connectivity index (χ4v) is 3.66. The van der Waals surface area contributed by atoms with E-state index in [4.69, 9.17) is 0 Å². The summed E-state index contributed by atoms with van der Waals surface area (Å²) in [6.45, 7) is 3.99. The van der Waals surface area contributed by atoms with Crippen LogP contribution in [0, 0.1) is 13.8 Å². The maximum Gasteiger partial charge on any atom is 0.240 e. The molecule has 0 saturated heterocycles. The van der Waals surface area contributed by atoms with E-state index in [1.54, 1.807) is 49.6 Å². The van der Waals surface area contributed by atoms with Crippen LogP contribution in [0.3, 0.4) is 0 Å². The van der Waals surface area contributed by atoms with Crippen LogP contribution in [0.4, 0.5) is 5.82 Å². The number of nitrogens with one attached hydrogen (secondary N) is 2. The van der Waals surface area contributed by atoms with Gasteiger partial charge in [0, 0.05) is 32.5 Å². The average Bonchev–Trinajstić information content (AvgIpc) is 2.61. The number of hydrogen-bond donors (Lipinski definition) is 2. The number of anilines is 1. The minimum Gasteiger partial charge on any atom is -0.353 e. The Morgan fingerprint density at radius 2 is 1.96 bits per heavy atom. The van der Waals surface area contributed by atoms with E-state index in [2.05, 4.69) is 20.0 Å². The third-order valence-electron chi connectivity index (χ3n) is 3.69. The molecular weight excluding hydrogens is 354 g/mol. The molecule has 0 bridgehead atoms. The molecule has 0 aliphatic heterocycles. The number of aryl methyl sites for hydroxylation is 2. The summed E-state index contributed by atoms with van der Waals surface area (Å²) in [7, 11) is -1.88. The van der Waals surface area contributed by atoms with Crippen molar-refractivity contribution < 1.29 is 13.2 Å². The fourth-order valence-electron chi connectivity index (χ4n) is 2.30. The highest BCUT2D eigenvalue weighted by atomic mass is 32.2. The first-order valence-corrected chi connectivity index (χ1v) is 9.58. The van der Waals surface area contributed by atoms with Crippen molar-refractivity contribution in [3.05, 3.63) is 47.9 Å². The topological polar surface area (TPSA) is 104 Å². The molecule has 2 rings (SSSR count). The molecular formula is C17H23N5O3S. The number of nitrogens with zero attached hydrogens (tertiary/aromatic N) is 3. The number of sulfonamides is 1. The highest BCUT2D eigenvalue weighted by molar-refractivity contribution is 7.89. The number of aromatic nitrogens is 2. The van der Waals surface area contributed by atoms with Crippen LogP contribution in [0.25, 0.3) is 0 Å². The minimum absolute atomic E-state index is 0.0996. The van der Waals surface area contributed by atoms with Crippen molar-refractivity contribution in [2.24, 2.45) is 0 Å². The predicted octanol–water partition coefficient (Wildman–Crippen LogP) is 0.624. The highest BCUT2D eigenvalue weighted by Gasteiger charge is 2.16. The molecule has 8 nitrogen and oxygen atoms in total. The van der Waals surface area contributed by atoms with Gasteiger partial charge in [0.05, 0.1) is 17.6 Å². The summed E-state index contributed by atoms with van der Waals surface area (Å²) in [5, 5.41) is 2.68. The van der Waals surface area contributed by atoms with Crippen LogP contribution in [0.1, 0.15) is 11.1 Å². The third kappa shape index (κ3) is 5.50. The van der Waals surface area contributed by atoms with Crippen LogP contribution in [0.5, 0.6) is 0 Å². The molecule has 2 aromatic rings. The summed E-state index contributed by atoms with van der Waals surface area (Å²) in [5.41, 5.74) is 1.55. The second-order valence-electron chi connectivity index (χ2n) is 5.94. The summed E-state index contributed by atoms with van der Waals surface area (Å²) in [5.74, 6) is 0.349. The molecule has 0 atom stereocenters. The lowest BCUT2D eigenvalue weighted by Crippen LogP contribution is -2.39. The average molecular weight is 377 g/mol. The monoisotopic (exact) mass is 377 g/mol. The number of hydrogen-bond acceptors (Lipinski definition) is 6. The second-order valence-corrected chi connectivity index (χ2v) is 7.67. The zero-order valence-electron chi connectivity index (χ0n) is 15.1. The molecule has 0 unspecified atom stereocenters. The van der Waals surface area contributed by atoms with Crippen LogP contribution >= 0.6 is 0 Å². The van der Waals surface area contributed by atoms with Gasteiger partial charge in [-0.15, -0.1) is 0 Å². The van der Waals surface area contributed by atoms with E-state index in [1.165, 1.54) is 0 Å². The van der Waals surface area contributed by atoms with Crippen molar-refractivity contribution >= 4 is 21.7 Å². The highest BCUT2D eigenvalue weighted by Crippen LogP contribution is 2.16. The van der Waals surface area contributed by atoms with Crippen LogP contribution < -0.4 is 14.9 Å². The number of likely N-dealkylation sites (N-methyl/N-ethyl adjacent to an activating group) is 1. The predicted molar refractivity (Wildman–Crippen MR) is 99.4 cm³/mol. The summed E-state index contributed by atoms with van der Waals surface area (Å²) in [6, 6.07) is 5.27. The molecule has 1 aromatic carbocycles. The number of carbonyl (C=O) groups is 1.